The SMILES string of the molecule is O=C(CSc1nc2ccccc2c(=O)n1-c1ccc(Cl)cc1)Nc1ccccc1. The second kappa shape index (κ2) is 8.51. The lowest BCUT2D eigenvalue weighted by atomic mass is 10.2. The maximum absolute atomic E-state index is 13.1. The highest BCUT2D eigenvalue weighted by atomic mass is 35.5. The molecule has 4 rings (SSSR count). The van der Waals surface area contributed by atoms with E-state index in [0.717, 1.165) is 5.69 Å². The minimum Gasteiger partial charge on any atom is -0.325 e. The Balaban J connectivity index is 1.68. The first-order valence-electron chi connectivity index (χ1n) is 8.87. The summed E-state index contributed by atoms with van der Waals surface area (Å²) in [6.07, 6.45) is 0. The number of para-hydroxylation sites is 2. The molecule has 1 aromatic heterocycles. The lowest BCUT2D eigenvalue weighted by molar-refractivity contribution is -0.113. The molecule has 1 heterocycles. The molecule has 0 radical (unpaired) electrons. The van der Waals surface area contributed by atoms with Gasteiger partial charge in [-0.1, -0.05) is 53.7 Å². The number of anilines is 1. The Labute approximate surface area is 176 Å². The van der Waals surface area contributed by atoms with Gasteiger partial charge in [-0.25, -0.2) is 4.98 Å². The van der Waals surface area contributed by atoms with Crippen molar-refractivity contribution in [3.63, 3.8) is 0 Å². The van der Waals surface area contributed by atoms with Crippen molar-refractivity contribution in [2.45, 2.75) is 5.16 Å². The summed E-state index contributed by atoms with van der Waals surface area (Å²) < 4.78 is 1.51. The van der Waals surface area contributed by atoms with Gasteiger partial charge in [-0.2, -0.15) is 0 Å². The average Bonchev–Trinajstić information content (AvgIpc) is 2.74. The van der Waals surface area contributed by atoms with Crippen molar-refractivity contribution in [1.82, 2.24) is 9.55 Å². The molecule has 0 aliphatic rings. The summed E-state index contributed by atoms with van der Waals surface area (Å²) in [7, 11) is 0. The third kappa shape index (κ3) is 4.34. The van der Waals surface area contributed by atoms with Gasteiger partial charge in [0.25, 0.3) is 5.56 Å². The summed E-state index contributed by atoms with van der Waals surface area (Å²) in [5.74, 6) is -0.0564. The van der Waals surface area contributed by atoms with Gasteiger partial charge >= 0.3 is 0 Å². The first kappa shape index (κ1) is 19.2. The van der Waals surface area contributed by atoms with E-state index in [1.54, 1.807) is 42.5 Å². The number of carbonyl (C=O) groups excluding carboxylic acids is 1. The van der Waals surface area contributed by atoms with Crippen molar-refractivity contribution in [1.29, 1.82) is 0 Å². The van der Waals surface area contributed by atoms with Crippen molar-refractivity contribution in [2.75, 3.05) is 11.1 Å². The van der Waals surface area contributed by atoms with Crippen molar-refractivity contribution in [3.8, 4) is 5.69 Å². The lowest BCUT2D eigenvalue weighted by Gasteiger charge is -2.13. The summed E-state index contributed by atoms with van der Waals surface area (Å²) in [5, 5.41) is 4.37. The molecule has 0 unspecified atom stereocenters. The number of amides is 1. The lowest BCUT2D eigenvalue weighted by Crippen LogP contribution is -2.22. The maximum Gasteiger partial charge on any atom is 0.266 e. The van der Waals surface area contributed by atoms with Crippen molar-refractivity contribution < 1.29 is 4.79 Å². The zero-order valence-corrected chi connectivity index (χ0v) is 16.8. The molecular weight excluding hydrogens is 406 g/mol. The standard InChI is InChI=1S/C22H16ClN3O2S/c23-15-10-12-17(13-11-15)26-21(28)18-8-4-5-9-19(18)25-22(26)29-14-20(27)24-16-6-2-1-3-7-16/h1-13H,14H2,(H,24,27). The fourth-order valence-corrected chi connectivity index (χ4v) is 3.81. The molecule has 0 bridgehead atoms. The Morgan fingerprint density at radius 1 is 0.966 bits per heavy atom. The maximum atomic E-state index is 13.1. The molecule has 7 heteroatoms. The molecule has 0 aliphatic carbocycles. The number of carbonyl (C=O) groups is 1. The van der Waals surface area contributed by atoms with Crippen LogP contribution in [-0.4, -0.2) is 21.2 Å². The predicted octanol–water partition coefficient (Wildman–Crippen LogP) is 4.77. The van der Waals surface area contributed by atoms with Crippen LogP contribution in [0.4, 0.5) is 5.69 Å². The molecule has 0 saturated heterocycles. The van der Waals surface area contributed by atoms with Crippen molar-refractivity contribution >= 4 is 45.9 Å². The van der Waals surface area contributed by atoms with Crippen LogP contribution in [0.3, 0.4) is 0 Å². The molecular formula is C22H16ClN3O2S. The largest absolute Gasteiger partial charge is 0.325 e. The fraction of sp³-hybridized carbons (Fsp3) is 0.0455. The van der Waals surface area contributed by atoms with Gasteiger partial charge in [-0.15, -0.1) is 0 Å². The first-order valence-corrected chi connectivity index (χ1v) is 10.2. The van der Waals surface area contributed by atoms with Crippen LogP contribution in [0.5, 0.6) is 0 Å². The van der Waals surface area contributed by atoms with E-state index in [1.807, 2.05) is 36.4 Å². The number of aromatic nitrogens is 2. The Hall–Kier alpha value is -3.09. The number of thioether (sulfide) groups is 1. The number of hydrogen-bond donors (Lipinski definition) is 1. The Bertz CT molecular complexity index is 1220. The van der Waals surface area contributed by atoms with Gasteiger partial charge < -0.3 is 5.32 Å². The summed E-state index contributed by atoms with van der Waals surface area (Å²) in [5.41, 5.74) is 1.76. The van der Waals surface area contributed by atoms with Crippen molar-refractivity contribution in [2.24, 2.45) is 0 Å². The van der Waals surface area contributed by atoms with E-state index in [0.29, 0.717) is 26.8 Å². The Morgan fingerprint density at radius 3 is 2.41 bits per heavy atom. The second-order valence-electron chi connectivity index (χ2n) is 6.23. The predicted molar refractivity (Wildman–Crippen MR) is 118 cm³/mol. The topological polar surface area (TPSA) is 64.0 Å². The van der Waals surface area contributed by atoms with Crippen LogP contribution >= 0.6 is 23.4 Å². The summed E-state index contributed by atoms with van der Waals surface area (Å²) in [6.45, 7) is 0. The van der Waals surface area contributed by atoms with Gasteiger partial charge in [0.05, 0.1) is 22.3 Å². The second-order valence-corrected chi connectivity index (χ2v) is 7.61. The Morgan fingerprint density at radius 2 is 1.66 bits per heavy atom. The van der Waals surface area contributed by atoms with Crippen LogP contribution in [0.15, 0.2) is 88.8 Å². The monoisotopic (exact) mass is 421 g/mol. The van der Waals surface area contributed by atoms with Gasteiger partial charge in [0.2, 0.25) is 5.91 Å². The molecule has 0 fully saturated rings. The molecule has 0 atom stereocenters. The number of nitrogens with zero attached hydrogens (tertiary/aromatic N) is 2. The minimum absolute atomic E-state index is 0.118. The van der Waals surface area contributed by atoms with Crippen LogP contribution in [0.2, 0.25) is 5.02 Å². The third-order valence-corrected chi connectivity index (χ3v) is 5.41. The van der Waals surface area contributed by atoms with Crippen LogP contribution in [-0.2, 0) is 4.79 Å². The van der Waals surface area contributed by atoms with Gasteiger partial charge in [-0.05, 0) is 48.5 Å². The van der Waals surface area contributed by atoms with E-state index in [9.17, 15) is 9.59 Å². The van der Waals surface area contributed by atoms with E-state index < -0.39 is 0 Å². The minimum atomic E-state index is -0.191. The molecule has 0 spiro atoms. The quantitative estimate of drug-likeness (QED) is 0.372. The van der Waals surface area contributed by atoms with Crippen LogP contribution in [0.1, 0.15) is 0 Å². The summed E-state index contributed by atoms with van der Waals surface area (Å²) >= 11 is 7.20. The van der Waals surface area contributed by atoms with Gasteiger partial charge in [0.1, 0.15) is 0 Å². The van der Waals surface area contributed by atoms with Gasteiger partial charge in [0.15, 0.2) is 5.16 Å². The highest BCUT2D eigenvalue weighted by molar-refractivity contribution is 7.99. The van der Waals surface area contributed by atoms with E-state index in [1.165, 1.54) is 16.3 Å². The molecule has 3 aromatic carbocycles. The van der Waals surface area contributed by atoms with Gasteiger partial charge in [0, 0.05) is 10.7 Å². The molecule has 0 saturated carbocycles. The molecule has 5 nitrogen and oxygen atoms in total. The zero-order chi connectivity index (χ0) is 20.2. The molecule has 29 heavy (non-hydrogen) atoms. The molecule has 0 aliphatic heterocycles. The molecule has 4 aromatic rings. The average molecular weight is 422 g/mol. The Kier molecular flexibility index (Phi) is 5.64. The van der Waals surface area contributed by atoms with E-state index in [2.05, 4.69) is 10.3 Å². The molecule has 144 valence electrons. The normalized spacial score (nSPS) is 10.8. The summed E-state index contributed by atoms with van der Waals surface area (Å²) in [4.78, 5) is 30.1. The number of benzene rings is 3. The molecule has 1 amide bonds. The summed E-state index contributed by atoms with van der Waals surface area (Å²) in [6, 6.07) is 23.3. The number of halogens is 1. The number of fused-ring (bicyclic) bond motifs is 1. The third-order valence-electron chi connectivity index (χ3n) is 4.22. The van der Waals surface area contributed by atoms with Gasteiger partial charge in [-0.3, -0.25) is 14.2 Å². The van der Waals surface area contributed by atoms with Crippen molar-refractivity contribution in [3.05, 3.63) is 94.2 Å². The van der Waals surface area contributed by atoms with Crippen LogP contribution < -0.4 is 10.9 Å². The fourth-order valence-electron chi connectivity index (χ4n) is 2.88. The zero-order valence-electron chi connectivity index (χ0n) is 15.2. The van der Waals surface area contributed by atoms with Crippen LogP contribution in [0.25, 0.3) is 16.6 Å². The first-order chi connectivity index (χ1) is 14.1. The van der Waals surface area contributed by atoms with Crippen LogP contribution in [0, 0.1) is 0 Å². The number of nitrogens with one attached hydrogen (secondary N) is 1. The smallest absolute Gasteiger partial charge is 0.266 e. The number of rotatable bonds is 5. The van der Waals surface area contributed by atoms with E-state index >= 15 is 0 Å². The van der Waals surface area contributed by atoms with E-state index in [4.69, 9.17) is 11.6 Å². The highest BCUT2D eigenvalue weighted by Gasteiger charge is 2.15. The molecule has 1 N–H and O–H groups in total. The van der Waals surface area contributed by atoms with E-state index in [-0.39, 0.29) is 17.2 Å². The highest BCUT2D eigenvalue weighted by Crippen LogP contribution is 2.22. The number of hydrogen-bond acceptors (Lipinski definition) is 4.